The first-order valence-corrected chi connectivity index (χ1v) is 5.91. The van der Waals surface area contributed by atoms with Gasteiger partial charge in [0.05, 0.1) is 12.6 Å². The van der Waals surface area contributed by atoms with Crippen LogP contribution in [0.5, 0.6) is 5.75 Å². The lowest BCUT2D eigenvalue weighted by Gasteiger charge is -2.12. The van der Waals surface area contributed by atoms with E-state index >= 15 is 0 Å². The van der Waals surface area contributed by atoms with E-state index in [0.717, 1.165) is 40.8 Å². The Kier molecular flexibility index (Phi) is 2.21. The van der Waals surface area contributed by atoms with Crippen molar-refractivity contribution in [1.82, 2.24) is 4.57 Å². The predicted octanol–water partition coefficient (Wildman–Crippen LogP) is 2.71. The van der Waals surface area contributed by atoms with Crippen LogP contribution in [0.2, 0.25) is 0 Å². The molecule has 3 heteroatoms. The molecule has 1 heterocycles. The fourth-order valence-electron chi connectivity index (χ4n) is 2.84. The number of fused-ring (bicyclic) bond motifs is 3. The van der Waals surface area contributed by atoms with Crippen LogP contribution in [0.3, 0.4) is 0 Å². The number of ether oxygens (including phenoxy) is 1. The monoisotopic (exact) mass is 229 g/mol. The molecule has 1 aromatic heterocycles. The smallest absolute Gasteiger partial charge is 0.165 e. The van der Waals surface area contributed by atoms with Crippen LogP contribution in [0, 0.1) is 0 Å². The first kappa shape index (κ1) is 10.4. The lowest BCUT2D eigenvalue weighted by atomic mass is 9.94. The second-order valence-electron chi connectivity index (χ2n) is 4.51. The van der Waals surface area contributed by atoms with Crippen LogP contribution >= 0.6 is 0 Å². The van der Waals surface area contributed by atoms with Gasteiger partial charge in [-0.15, -0.1) is 0 Å². The molecule has 0 radical (unpaired) electrons. The molecule has 0 amide bonds. The largest absolute Gasteiger partial charge is 0.495 e. The minimum Gasteiger partial charge on any atom is -0.495 e. The summed E-state index contributed by atoms with van der Waals surface area (Å²) in [5, 5.41) is 1.03. The molecule has 17 heavy (non-hydrogen) atoms. The van der Waals surface area contributed by atoms with Gasteiger partial charge in [-0.1, -0.05) is 12.1 Å². The number of hydrogen-bond acceptors (Lipinski definition) is 2. The van der Waals surface area contributed by atoms with Crippen molar-refractivity contribution in [2.24, 2.45) is 7.05 Å². The molecule has 1 aliphatic carbocycles. The number of aryl methyl sites for hydroxylation is 1. The summed E-state index contributed by atoms with van der Waals surface area (Å²) in [6.45, 7) is 0. The van der Waals surface area contributed by atoms with Gasteiger partial charge in [0.1, 0.15) is 5.75 Å². The summed E-state index contributed by atoms with van der Waals surface area (Å²) in [5.74, 6) is 1.11. The number of carbonyl (C=O) groups is 1. The Hall–Kier alpha value is -1.77. The molecule has 88 valence electrons. The van der Waals surface area contributed by atoms with Gasteiger partial charge in [-0.05, 0) is 18.9 Å². The highest BCUT2D eigenvalue weighted by atomic mass is 16.5. The molecule has 0 atom stereocenters. The van der Waals surface area contributed by atoms with E-state index in [-0.39, 0.29) is 5.78 Å². The number of carbonyl (C=O) groups excluding carboxylic acids is 1. The van der Waals surface area contributed by atoms with Crippen molar-refractivity contribution in [3.8, 4) is 5.75 Å². The number of nitrogens with zero attached hydrogens (tertiary/aromatic N) is 1. The predicted molar refractivity (Wildman–Crippen MR) is 66.7 cm³/mol. The number of Topliss-reactive ketones (excluding diaryl/α,β-unsaturated/α-hetero) is 1. The molecular weight excluding hydrogens is 214 g/mol. The molecule has 2 aromatic rings. The number of rotatable bonds is 1. The maximum Gasteiger partial charge on any atom is 0.165 e. The third-order valence-corrected chi connectivity index (χ3v) is 3.61. The maximum atomic E-state index is 12.1. The summed E-state index contributed by atoms with van der Waals surface area (Å²) < 4.78 is 7.50. The molecule has 1 aromatic carbocycles. The van der Waals surface area contributed by atoms with E-state index in [4.69, 9.17) is 4.74 Å². The molecule has 3 nitrogen and oxygen atoms in total. The number of aromatic nitrogens is 1. The van der Waals surface area contributed by atoms with E-state index in [0.29, 0.717) is 6.42 Å². The van der Waals surface area contributed by atoms with Gasteiger partial charge in [0.25, 0.3) is 0 Å². The van der Waals surface area contributed by atoms with E-state index in [9.17, 15) is 4.79 Å². The number of methoxy groups -OCH3 is 1. The number of benzene rings is 1. The number of ketones is 1. The van der Waals surface area contributed by atoms with Crippen LogP contribution in [-0.2, 0) is 13.5 Å². The standard InChI is InChI=1S/C14H15NO2/c1-15-10-6-4-7-11(16)13(10)9-5-3-8-12(17-2)14(9)15/h3,5,8H,4,6-7H2,1-2H3. The van der Waals surface area contributed by atoms with Gasteiger partial charge in [0, 0.05) is 30.1 Å². The maximum absolute atomic E-state index is 12.1. The van der Waals surface area contributed by atoms with Crippen LogP contribution in [-0.4, -0.2) is 17.5 Å². The summed E-state index contributed by atoms with van der Waals surface area (Å²) in [5.41, 5.74) is 3.10. The second kappa shape index (κ2) is 3.62. The fourth-order valence-corrected chi connectivity index (χ4v) is 2.84. The third-order valence-electron chi connectivity index (χ3n) is 3.61. The number of hydrogen-bond donors (Lipinski definition) is 0. The topological polar surface area (TPSA) is 31.2 Å². The first-order valence-electron chi connectivity index (χ1n) is 5.91. The Balaban J connectivity index is 2.44. The minimum atomic E-state index is 0.269. The van der Waals surface area contributed by atoms with Crippen LogP contribution < -0.4 is 4.74 Å². The quantitative estimate of drug-likeness (QED) is 0.752. The Morgan fingerprint density at radius 1 is 1.29 bits per heavy atom. The van der Waals surface area contributed by atoms with Gasteiger partial charge in [-0.3, -0.25) is 4.79 Å². The summed E-state index contributed by atoms with van der Waals surface area (Å²) in [7, 11) is 3.69. The Morgan fingerprint density at radius 3 is 2.88 bits per heavy atom. The molecular formula is C14H15NO2. The highest BCUT2D eigenvalue weighted by molar-refractivity contribution is 6.11. The van der Waals surface area contributed by atoms with Crippen LogP contribution in [0.15, 0.2) is 18.2 Å². The normalized spacial score (nSPS) is 15.1. The van der Waals surface area contributed by atoms with Crippen molar-refractivity contribution in [1.29, 1.82) is 0 Å². The van der Waals surface area contributed by atoms with E-state index in [1.807, 2.05) is 25.2 Å². The van der Waals surface area contributed by atoms with Gasteiger partial charge < -0.3 is 9.30 Å². The Morgan fingerprint density at radius 2 is 2.12 bits per heavy atom. The van der Waals surface area contributed by atoms with Crippen LogP contribution in [0.25, 0.3) is 10.9 Å². The van der Waals surface area contributed by atoms with Crippen molar-refractivity contribution in [3.05, 3.63) is 29.5 Å². The molecule has 0 fully saturated rings. The van der Waals surface area contributed by atoms with Crippen molar-refractivity contribution in [2.75, 3.05) is 7.11 Å². The lowest BCUT2D eigenvalue weighted by Crippen LogP contribution is -2.11. The van der Waals surface area contributed by atoms with Gasteiger partial charge in [0.2, 0.25) is 0 Å². The van der Waals surface area contributed by atoms with Crippen LogP contribution in [0.1, 0.15) is 28.9 Å². The molecule has 0 saturated heterocycles. The van der Waals surface area contributed by atoms with Crippen molar-refractivity contribution < 1.29 is 9.53 Å². The summed E-state index contributed by atoms with van der Waals surface area (Å²) >= 11 is 0. The fraction of sp³-hybridized carbons (Fsp3) is 0.357. The van der Waals surface area contributed by atoms with Crippen molar-refractivity contribution in [3.63, 3.8) is 0 Å². The molecule has 0 spiro atoms. The Labute approximate surface area is 100.0 Å². The van der Waals surface area contributed by atoms with Gasteiger partial charge in [0.15, 0.2) is 5.78 Å². The summed E-state index contributed by atoms with van der Waals surface area (Å²) in [6, 6.07) is 5.90. The first-order chi connectivity index (χ1) is 8.24. The van der Waals surface area contributed by atoms with E-state index in [1.165, 1.54) is 0 Å². The second-order valence-corrected chi connectivity index (χ2v) is 4.51. The minimum absolute atomic E-state index is 0.269. The average molecular weight is 229 g/mol. The highest BCUT2D eigenvalue weighted by Crippen LogP contribution is 2.35. The number of para-hydroxylation sites is 1. The molecule has 0 aliphatic heterocycles. The van der Waals surface area contributed by atoms with E-state index < -0.39 is 0 Å². The van der Waals surface area contributed by atoms with Crippen molar-refractivity contribution >= 4 is 16.7 Å². The molecule has 0 saturated carbocycles. The zero-order chi connectivity index (χ0) is 12.0. The third kappa shape index (κ3) is 1.32. The Bertz CT molecular complexity index is 610. The van der Waals surface area contributed by atoms with E-state index in [2.05, 4.69) is 4.57 Å². The summed E-state index contributed by atoms with van der Waals surface area (Å²) in [6.07, 6.45) is 2.61. The summed E-state index contributed by atoms with van der Waals surface area (Å²) in [4.78, 5) is 12.1. The highest BCUT2D eigenvalue weighted by Gasteiger charge is 2.25. The zero-order valence-electron chi connectivity index (χ0n) is 10.1. The molecule has 0 unspecified atom stereocenters. The molecule has 3 rings (SSSR count). The van der Waals surface area contributed by atoms with E-state index in [1.54, 1.807) is 7.11 Å². The average Bonchev–Trinajstić information content (AvgIpc) is 2.65. The van der Waals surface area contributed by atoms with Gasteiger partial charge in [-0.25, -0.2) is 0 Å². The molecule has 1 aliphatic rings. The van der Waals surface area contributed by atoms with Crippen molar-refractivity contribution in [2.45, 2.75) is 19.3 Å². The van der Waals surface area contributed by atoms with Gasteiger partial charge in [-0.2, -0.15) is 0 Å². The zero-order valence-corrected chi connectivity index (χ0v) is 10.1. The molecule has 0 N–H and O–H groups in total. The lowest BCUT2D eigenvalue weighted by molar-refractivity contribution is 0.0973. The van der Waals surface area contributed by atoms with Gasteiger partial charge >= 0.3 is 0 Å². The van der Waals surface area contributed by atoms with Crippen LogP contribution in [0.4, 0.5) is 0 Å². The SMILES string of the molecule is COc1cccc2c3c(n(C)c12)CCCC3=O. The molecule has 0 bridgehead atoms.